The van der Waals surface area contributed by atoms with Crippen molar-refractivity contribution in [2.45, 2.75) is 36.6 Å². The van der Waals surface area contributed by atoms with Gasteiger partial charge in [0.15, 0.2) is 0 Å². The van der Waals surface area contributed by atoms with E-state index in [1.54, 1.807) is 23.7 Å². The van der Waals surface area contributed by atoms with Gasteiger partial charge in [-0.25, -0.2) is 9.48 Å². The lowest BCUT2D eigenvalue weighted by molar-refractivity contribution is -0.119. The average molecular weight is 318 g/mol. The van der Waals surface area contributed by atoms with Gasteiger partial charge in [0.05, 0.1) is 5.69 Å². The van der Waals surface area contributed by atoms with E-state index in [1.807, 2.05) is 31.2 Å². The van der Waals surface area contributed by atoms with Gasteiger partial charge in [-0.15, -0.1) is 11.8 Å². The van der Waals surface area contributed by atoms with E-state index in [4.69, 9.17) is 0 Å². The third kappa shape index (κ3) is 2.45. The van der Waals surface area contributed by atoms with Gasteiger partial charge in [0.2, 0.25) is 5.91 Å². The quantitative estimate of drug-likeness (QED) is 0.842. The SMILES string of the molecule is C[C@@H]1Sc2ccccc2N(C(=O)Cn2ncn(C)c2=O)[C@@H]1C. The Kier molecular flexibility index (Phi) is 3.82. The molecule has 2 atom stereocenters. The molecule has 0 radical (unpaired) electrons. The number of carbonyl (C=O) groups is 1. The number of hydrogen-bond acceptors (Lipinski definition) is 4. The number of rotatable bonds is 2. The highest BCUT2D eigenvalue weighted by molar-refractivity contribution is 8.00. The molecule has 7 heteroatoms. The molecule has 1 aromatic carbocycles. The smallest absolute Gasteiger partial charge is 0.306 e. The fourth-order valence-electron chi connectivity index (χ4n) is 2.58. The maximum Gasteiger partial charge on any atom is 0.345 e. The summed E-state index contributed by atoms with van der Waals surface area (Å²) < 4.78 is 2.56. The van der Waals surface area contributed by atoms with Crippen LogP contribution in [0, 0.1) is 0 Å². The molecule has 1 aliphatic rings. The van der Waals surface area contributed by atoms with E-state index in [0.29, 0.717) is 5.25 Å². The van der Waals surface area contributed by atoms with Crippen LogP contribution in [-0.2, 0) is 18.4 Å². The van der Waals surface area contributed by atoms with Crippen molar-refractivity contribution in [2.75, 3.05) is 4.90 Å². The van der Waals surface area contributed by atoms with Crippen LogP contribution in [0.15, 0.2) is 40.3 Å². The van der Waals surface area contributed by atoms with Gasteiger partial charge in [0.25, 0.3) is 0 Å². The van der Waals surface area contributed by atoms with Crippen molar-refractivity contribution in [3.05, 3.63) is 41.1 Å². The molecular weight excluding hydrogens is 300 g/mol. The second-order valence-electron chi connectivity index (χ2n) is 5.48. The molecule has 0 N–H and O–H groups in total. The molecule has 0 saturated carbocycles. The van der Waals surface area contributed by atoms with Crippen LogP contribution in [0.5, 0.6) is 0 Å². The largest absolute Gasteiger partial charge is 0.345 e. The molecular formula is C15H18N4O2S. The predicted molar refractivity (Wildman–Crippen MR) is 86.2 cm³/mol. The highest BCUT2D eigenvalue weighted by atomic mass is 32.2. The Bertz CT molecular complexity index is 767. The summed E-state index contributed by atoms with van der Waals surface area (Å²) >= 11 is 1.77. The number of aryl methyl sites for hydroxylation is 1. The van der Waals surface area contributed by atoms with Gasteiger partial charge in [-0.3, -0.25) is 9.36 Å². The second-order valence-corrected chi connectivity index (χ2v) is 6.90. The molecule has 0 bridgehead atoms. The Morgan fingerprint density at radius 3 is 2.73 bits per heavy atom. The second kappa shape index (κ2) is 5.64. The van der Waals surface area contributed by atoms with Crippen molar-refractivity contribution in [2.24, 2.45) is 7.05 Å². The molecule has 0 unspecified atom stereocenters. The first kappa shape index (κ1) is 14.9. The molecule has 2 aromatic rings. The number of amides is 1. The molecule has 0 saturated heterocycles. The lowest BCUT2D eigenvalue weighted by Gasteiger charge is -2.38. The van der Waals surface area contributed by atoms with E-state index >= 15 is 0 Å². The van der Waals surface area contributed by atoms with Crippen LogP contribution >= 0.6 is 11.8 Å². The van der Waals surface area contributed by atoms with E-state index in [-0.39, 0.29) is 24.2 Å². The molecule has 22 heavy (non-hydrogen) atoms. The fraction of sp³-hybridized carbons (Fsp3) is 0.400. The minimum absolute atomic E-state index is 0.0459. The van der Waals surface area contributed by atoms with Crippen LogP contribution in [0.1, 0.15) is 13.8 Å². The summed E-state index contributed by atoms with van der Waals surface area (Å²) in [5.41, 5.74) is 0.626. The summed E-state index contributed by atoms with van der Waals surface area (Å²) in [6.07, 6.45) is 1.42. The molecule has 1 aromatic heterocycles. The summed E-state index contributed by atoms with van der Waals surface area (Å²) in [7, 11) is 1.62. The zero-order valence-electron chi connectivity index (χ0n) is 12.8. The molecule has 0 fully saturated rings. The van der Waals surface area contributed by atoms with Crippen molar-refractivity contribution >= 4 is 23.4 Å². The molecule has 116 valence electrons. The number of benzene rings is 1. The molecule has 6 nitrogen and oxygen atoms in total. The standard InChI is InChI=1S/C15H18N4O2S/c1-10-11(2)22-13-7-5-4-6-12(13)19(10)14(20)8-18-15(21)17(3)9-16-18/h4-7,9-11H,8H2,1-3H3/t10-,11+/m1/s1. The van der Waals surface area contributed by atoms with Gasteiger partial charge < -0.3 is 4.90 Å². The average Bonchev–Trinajstić information content (AvgIpc) is 2.80. The lowest BCUT2D eigenvalue weighted by atomic mass is 10.1. The van der Waals surface area contributed by atoms with Crippen LogP contribution in [0.25, 0.3) is 0 Å². The summed E-state index contributed by atoms with van der Waals surface area (Å²) in [6.45, 7) is 4.10. The van der Waals surface area contributed by atoms with Crippen molar-refractivity contribution in [1.82, 2.24) is 14.3 Å². The fourth-order valence-corrected chi connectivity index (χ4v) is 3.74. The third-order valence-electron chi connectivity index (χ3n) is 3.96. The molecule has 3 rings (SSSR count). The topological polar surface area (TPSA) is 60.1 Å². The Labute approximate surface area is 132 Å². The van der Waals surface area contributed by atoms with Gasteiger partial charge in [-0.2, -0.15) is 5.10 Å². The van der Waals surface area contributed by atoms with Gasteiger partial charge in [0, 0.05) is 23.2 Å². The van der Waals surface area contributed by atoms with Crippen LogP contribution in [-0.4, -0.2) is 31.5 Å². The normalized spacial score (nSPS) is 20.8. The summed E-state index contributed by atoms with van der Waals surface area (Å²) in [4.78, 5) is 27.5. The maximum absolute atomic E-state index is 12.8. The van der Waals surface area contributed by atoms with E-state index in [2.05, 4.69) is 12.0 Å². The third-order valence-corrected chi connectivity index (χ3v) is 5.33. The minimum Gasteiger partial charge on any atom is -0.306 e. The van der Waals surface area contributed by atoms with Crippen LogP contribution in [0.3, 0.4) is 0 Å². The zero-order chi connectivity index (χ0) is 15.9. The van der Waals surface area contributed by atoms with Crippen LogP contribution in [0.4, 0.5) is 5.69 Å². The number of hydrogen-bond donors (Lipinski definition) is 0. The number of fused-ring (bicyclic) bond motifs is 1. The first-order valence-electron chi connectivity index (χ1n) is 7.15. The van der Waals surface area contributed by atoms with Crippen LogP contribution in [0.2, 0.25) is 0 Å². The number of nitrogens with zero attached hydrogens (tertiary/aromatic N) is 4. The highest BCUT2D eigenvalue weighted by Gasteiger charge is 2.33. The van der Waals surface area contributed by atoms with Crippen LogP contribution < -0.4 is 10.6 Å². The maximum atomic E-state index is 12.8. The Hall–Kier alpha value is -2.02. The Morgan fingerprint density at radius 2 is 2.05 bits per heavy atom. The number of carbonyl (C=O) groups excluding carboxylic acids is 1. The molecule has 1 aliphatic heterocycles. The van der Waals surface area contributed by atoms with E-state index < -0.39 is 0 Å². The van der Waals surface area contributed by atoms with E-state index in [1.165, 1.54) is 15.6 Å². The predicted octanol–water partition coefficient (Wildman–Crippen LogP) is 1.50. The van der Waals surface area contributed by atoms with Crippen molar-refractivity contribution in [3.8, 4) is 0 Å². The number of para-hydroxylation sites is 1. The molecule has 0 spiro atoms. The molecule has 2 heterocycles. The Morgan fingerprint density at radius 1 is 1.32 bits per heavy atom. The number of thioether (sulfide) groups is 1. The van der Waals surface area contributed by atoms with Crippen molar-refractivity contribution < 1.29 is 4.79 Å². The van der Waals surface area contributed by atoms with E-state index in [9.17, 15) is 9.59 Å². The molecule has 0 aliphatic carbocycles. The minimum atomic E-state index is -0.284. The summed E-state index contributed by atoms with van der Waals surface area (Å²) in [6, 6.07) is 7.93. The van der Waals surface area contributed by atoms with E-state index in [0.717, 1.165) is 10.6 Å². The summed E-state index contributed by atoms with van der Waals surface area (Å²) in [5.74, 6) is -0.118. The number of aromatic nitrogens is 3. The van der Waals surface area contributed by atoms with Crippen molar-refractivity contribution in [1.29, 1.82) is 0 Å². The van der Waals surface area contributed by atoms with Gasteiger partial charge in [0.1, 0.15) is 12.9 Å². The molecule has 1 amide bonds. The monoisotopic (exact) mass is 318 g/mol. The Balaban J connectivity index is 1.94. The van der Waals surface area contributed by atoms with Crippen molar-refractivity contribution in [3.63, 3.8) is 0 Å². The van der Waals surface area contributed by atoms with Gasteiger partial charge >= 0.3 is 5.69 Å². The number of anilines is 1. The van der Waals surface area contributed by atoms with Gasteiger partial charge in [-0.1, -0.05) is 19.1 Å². The first-order valence-corrected chi connectivity index (χ1v) is 8.03. The zero-order valence-corrected chi connectivity index (χ0v) is 13.6. The summed E-state index contributed by atoms with van der Waals surface area (Å²) in [5, 5.41) is 4.26. The lowest BCUT2D eigenvalue weighted by Crippen LogP contribution is -2.48. The first-order chi connectivity index (χ1) is 10.5. The highest BCUT2D eigenvalue weighted by Crippen LogP contribution is 2.41. The van der Waals surface area contributed by atoms with Gasteiger partial charge in [-0.05, 0) is 19.1 Å².